The van der Waals surface area contributed by atoms with Gasteiger partial charge < -0.3 is 0 Å². The molecule has 0 saturated heterocycles. The Morgan fingerprint density at radius 3 is 2.84 bits per heavy atom. The molecular weight excluding hydrogens is 236 g/mol. The molecule has 0 fully saturated rings. The third-order valence-electron chi connectivity index (χ3n) is 4.15. The third-order valence-corrected chi connectivity index (χ3v) is 4.15. The molecule has 3 nitrogen and oxygen atoms in total. The number of carbonyl (C=O) groups excluding carboxylic acids is 1. The molecule has 1 N–H and O–H groups in total. The molecule has 1 heterocycles. The summed E-state index contributed by atoms with van der Waals surface area (Å²) in [6.07, 6.45) is 5.58. The van der Waals surface area contributed by atoms with E-state index in [1.807, 2.05) is 24.3 Å². The van der Waals surface area contributed by atoms with Crippen molar-refractivity contribution < 1.29 is 4.79 Å². The quantitative estimate of drug-likeness (QED) is 0.853. The van der Waals surface area contributed by atoms with Gasteiger partial charge in [-0.15, -0.1) is 0 Å². The first kappa shape index (κ1) is 12.2. The summed E-state index contributed by atoms with van der Waals surface area (Å²) in [4.78, 5) is 10.7. The van der Waals surface area contributed by atoms with Crippen LogP contribution in [0, 0.1) is 5.92 Å². The summed E-state index contributed by atoms with van der Waals surface area (Å²) >= 11 is 0. The summed E-state index contributed by atoms with van der Waals surface area (Å²) < 4.78 is 0. The van der Waals surface area contributed by atoms with Gasteiger partial charge in [0.1, 0.15) is 6.29 Å². The molecule has 1 aliphatic carbocycles. The standard InChI is InChI=1S/C16H18N2O/c1-2-11-5-8-15-14(9-11)16(18-17-15)13-6-3-12(10-19)4-7-13/h3-4,6-7,10-11H,2,5,8-9H2,1H3,(H,17,18). The zero-order valence-electron chi connectivity index (χ0n) is 11.1. The van der Waals surface area contributed by atoms with Gasteiger partial charge in [0.05, 0.1) is 5.69 Å². The molecular formula is C16H18N2O. The Morgan fingerprint density at radius 1 is 1.37 bits per heavy atom. The predicted octanol–water partition coefficient (Wildman–Crippen LogP) is 3.40. The second-order valence-electron chi connectivity index (χ2n) is 5.29. The van der Waals surface area contributed by atoms with Crippen molar-refractivity contribution in [1.82, 2.24) is 10.2 Å². The van der Waals surface area contributed by atoms with Gasteiger partial charge in [0.15, 0.2) is 0 Å². The Hall–Kier alpha value is -1.90. The largest absolute Gasteiger partial charge is 0.298 e. The lowest BCUT2D eigenvalue weighted by Gasteiger charge is -2.20. The molecule has 3 rings (SSSR count). The third kappa shape index (κ3) is 2.21. The van der Waals surface area contributed by atoms with Crippen molar-refractivity contribution >= 4 is 6.29 Å². The number of hydrogen-bond donors (Lipinski definition) is 1. The number of aldehydes is 1. The van der Waals surface area contributed by atoms with Gasteiger partial charge in [-0.05, 0) is 25.2 Å². The number of aromatic amines is 1. The molecule has 0 aliphatic heterocycles. The SMILES string of the molecule is CCC1CCc2[nH]nc(-c3ccc(C=O)cc3)c2C1. The molecule has 0 spiro atoms. The summed E-state index contributed by atoms with van der Waals surface area (Å²) in [6, 6.07) is 7.67. The van der Waals surface area contributed by atoms with E-state index in [4.69, 9.17) is 0 Å². The van der Waals surface area contributed by atoms with Gasteiger partial charge in [0.2, 0.25) is 0 Å². The highest BCUT2D eigenvalue weighted by Crippen LogP contribution is 2.33. The van der Waals surface area contributed by atoms with Gasteiger partial charge in [0, 0.05) is 22.4 Å². The highest BCUT2D eigenvalue weighted by Gasteiger charge is 2.23. The lowest BCUT2D eigenvalue weighted by molar-refractivity contribution is 0.112. The monoisotopic (exact) mass is 254 g/mol. The zero-order chi connectivity index (χ0) is 13.2. The van der Waals surface area contributed by atoms with Crippen LogP contribution in [0.3, 0.4) is 0 Å². The lowest BCUT2D eigenvalue weighted by atomic mass is 9.84. The molecule has 3 heteroatoms. The van der Waals surface area contributed by atoms with Gasteiger partial charge in [-0.2, -0.15) is 5.10 Å². The number of aryl methyl sites for hydroxylation is 1. The van der Waals surface area contributed by atoms with E-state index in [1.54, 1.807) is 0 Å². The number of benzene rings is 1. The summed E-state index contributed by atoms with van der Waals surface area (Å²) in [5.74, 6) is 0.776. The van der Waals surface area contributed by atoms with Crippen LogP contribution in [0.2, 0.25) is 0 Å². The molecule has 0 saturated carbocycles. The number of fused-ring (bicyclic) bond motifs is 1. The fourth-order valence-corrected chi connectivity index (χ4v) is 2.87. The summed E-state index contributed by atoms with van der Waals surface area (Å²) in [5.41, 5.74) is 5.53. The van der Waals surface area contributed by atoms with E-state index >= 15 is 0 Å². The number of hydrogen-bond acceptors (Lipinski definition) is 2. The van der Waals surface area contributed by atoms with Crippen molar-refractivity contribution in [2.45, 2.75) is 32.6 Å². The minimum absolute atomic E-state index is 0.708. The minimum atomic E-state index is 0.708. The van der Waals surface area contributed by atoms with Crippen LogP contribution in [0.4, 0.5) is 0 Å². The van der Waals surface area contributed by atoms with E-state index in [-0.39, 0.29) is 0 Å². The van der Waals surface area contributed by atoms with Crippen molar-refractivity contribution in [3.05, 3.63) is 41.1 Å². The molecule has 1 aliphatic rings. The maximum Gasteiger partial charge on any atom is 0.150 e. The predicted molar refractivity (Wildman–Crippen MR) is 75.2 cm³/mol. The van der Waals surface area contributed by atoms with Crippen LogP contribution in [0.5, 0.6) is 0 Å². The number of carbonyl (C=O) groups is 1. The van der Waals surface area contributed by atoms with E-state index < -0.39 is 0 Å². The Morgan fingerprint density at radius 2 is 2.16 bits per heavy atom. The van der Waals surface area contributed by atoms with E-state index in [2.05, 4.69) is 17.1 Å². The van der Waals surface area contributed by atoms with E-state index in [1.165, 1.54) is 24.1 Å². The molecule has 1 aromatic carbocycles. The molecule has 1 atom stereocenters. The van der Waals surface area contributed by atoms with Crippen molar-refractivity contribution in [1.29, 1.82) is 0 Å². The van der Waals surface area contributed by atoms with Crippen molar-refractivity contribution in [3.63, 3.8) is 0 Å². The van der Waals surface area contributed by atoms with Gasteiger partial charge in [0.25, 0.3) is 0 Å². The molecule has 1 unspecified atom stereocenters. The Bertz CT molecular complexity index is 583. The van der Waals surface area contributed by atoms with Crippen LogP contribution in [0.25, 0.3) is 11.3 Å². The van der Waals surface area contributed by atoms with Gasteiger partial charge >= 0.3 is 0 Å². The smallest absolute Gasteiger partial charge is 0.150 e. The van der Waals surface area contributed by atoms with Crippen LogP contribution in [0.15, 0.2) is 24.3 Å². The second-order valence-corrected chi connectivity index (χ2v) is 5.29. The fourth-order valence-electron chi connectivity index (χ4n) is 2.87. The summed E-state index contributed by atoms with van der Waals surface area (Å²) in [7, 11) is 0. The molecule has 2 aromatic rings. The first-order valence-electron chi connectivity index (χ1n) is 6.93. The van der Waals surface area contributed by atoms with Crippen molar-refractivity contribution in [2.24, 2.45) is 5.92 Å². The normalized spacial score (nSPS) is 18.1. The topological polar surface area (TPSA) is 45.8 Å². The summed E-state index contributed by atoms with van der Waals surface area (Å²) in [6.45, 7) is 2.26. The van der Waals surface area contributed by atoms with E-state index in [0.29, 0.717) is 5.56 Å². The number of rotatable bonds is 3. The highest BCUT2D eigenvalue weighted by molar-refractivity contribution is 5.77. The van der Waals surface area contributed by atoms with Crippen molar-refractivity contribution in [3.8, 4) is 11.3 Å². The molecule has 0 bridgehead atoms. The number of aromatic nitrogens is 2. The lowest BCUT2D eigenvalue weighted by Crippen LogP contribution is -2.12. The maximum atomic E-state index is 10.7. The van der Waals surface area contributed by atoms with Crippen LogP contribution >= 0.6 is 0 Å². The minimum Gasteiger partial charge on any atom is -0.298 e. The second kappa shape index (κ2) is 5.00. The number of nitrogens with one attached hydrogen (secondary N) is 1. The van der Waals surface area contributed by atoms with E-state index in [9.17, 15) is 4.79 Å². The van der Waals surface area contributed by atoms with Gasteiger partial charge in [-0.25, -0.2) is 0 Å². The average molecular weight is 254 g/mol. The van der Waals surface area contributed by atoms with Crippen LogP contribution in [0.1, 0.15) is 41.4 Å². The number of nitrogens with zero attached hydrogens (tertiary/aromatic N) is 1. The molecule has 0 amide bonds. The average Bonchev–Trinajstić information content (AvgIpc) is 2.90. The molecule has 19 heavy (non-hydrogen) atoms. The Balaban J connectivity index is 1.97. The molecule has 0 radical (unpaired) electrons. The Labute approximate surface area is 113 Å². The molecule has 1 aromatic heterocycles. The van der Waals surface area contributed by atoms with Crippen LogP contribution < -0.4 is 0 Å². The first-order valence-corrected chi connectivity index (χ1v) is 6.93. The van der Waals surface area contributed by atoms with Gasteiger partial charge in [-0.1, -0.05) is 37.6 Å². The number of H-pyrrole nitrogens is 1. The van der Waals surface area contributed by atoms with Crippen molar-refractivity contribution in [2.75, 3.05) is 0 Å². The van der Waals surface area contributed by atoms with Crippen LogP contribution in [-0.4, -0.2) is 16.5 Å². The summed E-state index contributed by atoms with van der Waals surface area (Å²) in [5, 5.41) is 7.66. The van der Waals surface area contributed by atoms with Crippen LogP contribution in [-0.2, 0) is 12.8 Å². The van der Waals surface area contributed by atoms with Gasteiger partial charge in [-0.3, -0.25) is 9.89 Å². The zero-order valence-corrected chi connectivity index (χ0v) is 11.1. The van der Waals surface area contributed by atoms with E-state index in [0.717, 1.165) is 36.3 Å². The maximum absolute atomic E-state index is 10.7. The molecule has 98 valence electrons. The highest BCUT2D eigenvalue weighted by atomic mass is 16.1. The fraction of sp³-hybridized carbons (Fsp3) is 0.375. The first-order chi connectivity index (χ1) is 9.31. The Kier molecular flexibility index (Phi) is 3.20.